The Labute approximate surface area is 112 Å². The number of nitrogens with two attached hydrogens (primary N) is 1. The van der Waals surface area contributed by atoms with Crippen LogP contribution >= 0.6 is 11.8 Å². The fourth-order valence-corrected chi connectivity index (χ4v) is 2.71. The van der Waals surface area contributed by atoms with Gasteiger partial charge in [-0.25, -0.2) is 0 Å². The maximum atomic E-state index is 11.6. The van der Waals surface area contributed by atoms with Crippen LogP contribution in [-0.2, 0) is 14.3 Å². The SMILES string of the molecule is CCOC(=O)C(N)CSCC(=O)NC1CCCC1. The molecule has 1 aliphatic rings. The zero-order chi connectivity index (χ0) is 13.4. The first kappa shape index (κ1) is 15.3. The van der Waals surface area contributed by atoms with E-state index in [4.69, 9.17) is 10.5 Å². The smallest absolute Gasteiger partial charge is 0.323 e. The largest absolute Gasteiger partial charge is 0.465 e. The second-order valence-electron chi connectivity index (χ2n) is 4.42. The van der Waals surface area contributed by atoms with Gasteiger partial charge in [0.2, 0.25) is 5.91 Å². The van der Waals surface area contributed by atoms with Crippen molar-refractivity contribution >= 4 is 23.6 Å². The lowest BCUT2D eigenvalue weighted by Crippen LogP contribution is -2.36. The normalized spacial score (nSPS) is 17.4. The molecule has 18 heavy (non-hydrogen) atoms. The van der Waals surface area contributed by atoms with Crippen LogP contribution in [0.25, 0.3) is 0 Å². The van der Waals surface area contributed by atoms with E-state index in [1.54, 1.807) is 6.92 Å². The Balaban J connectivity index is 2.09. The highest BCUT2D eigenvalue weighted by atomic mass is 32.2. The maximum Gasteiger partial charge on any atom is 0.323 e. The topological polar surface area (TPSA) is 81.4 Å². The molecular formula is C12H22N2O3S. The van der Waals surface area contributed by atoms with Gasteiger partial charge in [-0.3, -0.25) is 9.59 Å². The number of carbonyl (C=O) groups is 2. The van der Waals surface area contributed by atoms with Gasteiger partial charge in [0, 0.05) is 11.8 Å². The van der Waals surface area contributed by atoms with Gasteiger partial charge in [0.15, 0.2) is 0 Å². The number of nitrogens with one attached hydrogen (secondary N) is 1. The van der Waals surface area contributed by atoms with Crippen molar-refractivity contribution in [3.05, 3.63) is 0 Å². The number of hydrogen-bond acceptors (Lipinski definition) is 5. The first-order valence-corrected chi connectivity index (χ1v) is 7.58. The van der Waals surface area contributed by atoms with Crippen molar-refractivity contribution in [1.29, 1.82) is 0 Å². The van der Waals surface area contributed by atoms with E-state index in [1.165, 1.54) is 24.6 Å². The van der Waals surface area contributed by atoms with Gasteiger partial charge in [-0.2, -0.15) is 0 Å². The van der Waals surface area contributed by atoms with Crippen molar-refractivity contribution in [2.24, 2.45) is 5.73 Å². The van der Waals surface area contributed by atoms with Crippen LogP contribution in [-0.4, -0.2) is 42.1 Å². The standard InChI is InChI=1S/C12H22N2O3S/c1-2-17-12(16)10(13)7-18-8-11(15)14-9-5-3-4-6-9/h9-10H,2-8,13H2,1H3,(H,14,15). The van der Waals surface area contributed by atoms with Crippen LogP contribution in [0, 0.1) is 0 Å². The highest BCUT2D eigenvalue weighted by Crippen LogP contribution is 2.17. The van der Waals surface area contributed by atoms with Crippen LogP contribution < -0.4 is 11.1 Å². The quantitative estimate of drug-likeness (QED) is 0.667. The summed E-state index contributed by atoms with van der Waals surface area (Å²) in [5.74, 6) is 0.393. The highest BCUT2D eigenvalue weighted by molar-refractivity contribution is 8.00. The summed E-state index contributed by atoms with van der Waals surface area (Å²) in [5.41, 5.74) is 5.63. The zero-order valence-corrected chi connectivity index (χ0v) is 11.6. The summed E-state index contributed by atoms with van der Waals surface area (Å²) < 4.78 is 4.79. The van der Waals surface area contributed by atoms with Crippen LogP contribution in [0.3, 0.4) is 0 Å². The van der Waals surface area contributed by atoms with Gasteiger partial charge in [0.25, 0.3) is 0 Å². The highest BCUT2D eigenvalue weighted by Gasteiger charge is 2.18. The molecule has 1 atom stereocenters. The molecule has 0 aromatic carbocycles. The minimum Gasteiger partial charge on any atom is -0.465 e. The number of hydrogen-bond donors (Lipinski definition) is 2. The molecule has 0 saturated heterocycles. The molecule has 0 aliphatic heterocycles. The van der Waals surface area contributed by atoms with E-state index in [2.05, 4.69) is 5.32 Å². The molecule has 3 N–H and O–H groups in total. The van der Waals surface area contributed by atoms with Gasteiger partial charge >= 0.3 is 5.97 Å². The van der Waals surface area contributed by atoms with Crippen LogP contribution in [0.2, 0.25) is 0 Å². The first-order valence-electron chi connectivity index (χ1n) is 6.42. The Hall–Kier alpha value is -0.750. The van der Waals surface area contributed by atoms with Crippen molar-refractivity contribution in [1.82, 2.24) is 5.32 Å². The summed E-state index contributed by atoms with van der Waals surface area (Å²) in [5, 5.41) is 2.99. The number of carbonyl (C=O) groups excluding carboxylic acids is 2. The Bertz CT molecular complexity index is 280. The summed E-state index contributed by atoms with van der Waals surface area (Å²) in [6, 6.07) is -0.300. The predicted molar refractivity (Wildman–Crippen MR) is 72.3 cm³/mol. The first-order chi connectivity index (χ1) is 8.63. The third-order valence-electron chi connectivity index (χ3n) is 2.84. The minimum absolute atomic E-state index is 0.0305. The van der Waals surface area contributed by atoms with Crippen LogP contribution in [0.4, 0.5) is 0 Å². The molecule has 1 amide bonds. The second kappa shape index (κ2) is 8.37. The average Bonchev–Trinajstić information content (AvgIpc) is 2.81. The number of amides is 1. The molecule has 0 aromatic heterocycles. The lowest BCUT2D eigenvalue weighted by atomic mass is 10.2. The van der Waals surface area contributed by atoms with Crippen LogP contribution in [0.1, 0.15) is 32.6 Å². The number of rotatable bonds is 7. The van der Waals surface area contributed by atoms with Crippen molar-refractivity contribution in [2.45, 2.75) is 44.7 Å². The molecule has 0 radical (unpaired) electrons. The van der Waals surface area contributed by atoms with E-state index in [-0.39, 0.29) is 5.91 Å². The third kappa shape index (κ3) is 5.73. The van der Waals surface area contributed by atoms with E-state index in [1.807, 2.05) is 0 Å². The molecular weight excluding hydrogens is 252 g/mol. The zero-order valence-electron chi connectivity index (χ0n) is 10.8. The monoisotopic (exact) mass is 274 g/mol. The fraction of sp³-hybridized carbons (Fsp3) is 0.833. The van der Waals surface area contributed by atoms with E-state index in [9.17, 15) is 9.59 Å². The second-order valence-corrected chi connectivity index (χ2v) is 5.45. The molecule has 0 spiro atoms. The molecule has 0 aromatic rings. The molecule has 104 valence electrons. The Morgan fingerprint density at radius 3 is 2.72 bits per heavy atom. The summed E-state index contributed by atoms with van der Waals surface area (Å²) in [4.78, 5) is 22.8. The van der Waals surface area contributed by atoms with Crippen LogP contribution in [0.15, 0.2) is 0 Å². The molecule has 1 saturated carbocycles. The number of esters is 1. The van der Waals surface area contributed by atoms with Crippen molar-refractivity contribution < 1.29 is 14.3 Å². The summed E-state index contributed by atoms with van der Waals surface area (Å²) in [7, 11) is 0. The lowest BCUT2D eigenvalue weighted by molar-refractivity contribution is -0.144. The van der Waals surface area contributed by atoms with Gasteiger partial charge in [-0.1, -0.05) is 12.8 Å². The molecule has 1 fully saturated rings. The Morgan fingerprint density at radius 1 is 1.44 bits per heavy atom. The minimum atomic E-state index is -0.644. The fourth-order valence-electron chi connectivity index (χ4n) is 1.94. The molecule has 1 aliphatic carbocycles. The lowest BCUT2D eigenvalue weighted by Gasteiger charge is -2.13. The predicted octanol–water partition coefficient (Wildman–Crippen LogP) is 0.669. The summed E-state index contributed by atoms with van der Waals surface area (Å²) >= 11 is 1.37. The summed E-state index contributed by atoms with van der Waals surface area (Å²) in [6.07, 6.45) is 4.56. The van der Waals surface area contributed by atoms with Crippen LogP contribution in [0.5, 0.6) is 0 Å². The average molecular weight is 274 g/mol. The molecule has 6 heteroatoms. The van der Waals surface area contributed by atoms with Gasteiger partial charge in [-0.15, -0.1) is 11.8 Å². The maximum absolute atomic E-state index is 11.6. The Morgan fingerprint density at radius 2 is 2.11 bits per heavy atom. The number of ether oxygens (including phenoxy) is 1. The van der Waals surface area contributed by atoms with Gasteiger partial charge in [0.05, 0.1) is 12.4 Å². The van der Waals surface area contributed by atoms with Gasteiger partial charge < -0.3 is 15.8 Å². The van der Waals surface area contributed by atoms with E-state index >= 15 is 0 Å². The van der Waals surface area contributed by atoms with E-state index in [0.29, 0.717) is 24.2 Å². The van der Waals surface area contributed by atoms with Crippen molar-refractivity contribution in [2.75, 3.05) is 18.1 Å². The third-order valence-corrected chi connectivity index (χ3v) is 3.90. The van der Waals surface area contributed by atoms with Crippen molar-refractivity contribution in [3.63, 3.8) is 0 Å². The molecule has 0 heterocycles. The molecule has 1 rings (SSSR count). The van der Waals surface area contributed by atoms with Crippen molar-refractivity contribution in [3.8, 4) is 0 Å². The molecule has 1 unspecified atom stereocenters. The van der Waals surface area contributed by atoms with E-state index < -0.39 is 12.0 Å². The molecule has 0 bridgehead atoms. The number of thioether (sulfide) groups is 1. The van der Waals surface area contributed by atoms with E-state index in [0.717, 1.165) is 12.8 Å². The summed E-state index contributed by atoms with van der Waals surface area (Å²) in [6.45, 7) is 2.08. The Kier molecular flexibility index (Phi) is 7.12. The van der Waals surface area contributed by atoms with Gasteiger partial charge in [-0.05, 0) is 19.8 Å². The van der Waals surface area contributed by atoms with Gasteiger partial charge in [0.1, 0.15) is 6.04 Å². The molecule has 5 nitrogen and oxygen atoms in total.